The Balaban J connectivity index is 1.85. The lowest BCUT2D eigenvalue weighted by atomic mass is 10.0. The lowest BCUT2D eigenvalue weighted by molar-refractivity contribution is 0.734. The maximum absolute atomic E-state index is 4.60. The lowest BCUT2D eigenvalue weighted by Crippen LogP contribution is -2.24. The van der Waals surface area contributed by atoms with Crippen molar-refractivity contribution in [3.05, 3.63) is 40.9 Å². The highest BCUT2D eigenvalue weighted by Gasteiger charge is 2.19. The van der Waals surface area contributed by atoms with Crippen molar-refractivity contribution in [3.63, 3.8) is 0 Å². The molecule has 3 nitrogen and oxygen atoms in total. The second-order valence-electron chi connectivity index (χ2n) is 4.77. The van der Waals surface area contributed by atoms with Crippen molar-refractivity contribution in [2.45, 2.75) is 26.3 Å². The summed E-state index contributed by atoms with van der Waals surface area (Å²) in [7, 11) is 0. The van der Waals surface area contributed by atoms with Crippen LogP contribution in [0, 0.1) is 0 Å². The maximum atomic E-state index is 4.60. The highest BCUT2D eigenvalue weighted by atomic mass is 32.1. The van der Waals surface area contributed by atoms with Crippen LogP contribution in [0.5, 0.6) is 0 Å². The van der Waals surface area contributed by atoms with Crippen molar-refractivity contribution in [1.29, 1.82) is 0 Å². The number of thiazole rings is 1. The summed E-state index contributed by atoms with van der Waals surface area (Å²) in [6.45, 7) is 5.12. The fourth-order valence-corrected chi connectivity index (χ4v) is 3.40. The Morgan fingerprint density at radius 3 is 3.16 bits per heavy atom. The molecule has 0 saturated carbocycles. The minimum absolute atomic E-state index is 0.920. The van der Waals surface area contributed by atoms with E-state index in [1.807, 2.05) is 6.20 Å². The zero-order valence-electron chi connectivity index (χ0n) is 11.2. The van der Waals surface area contributed by atoms with Crippen LogP contribution in [0.3, 0.4) is 0 Å². The molecule has 1 aliphatic heterocycles. The third-order valence-corrected chi connectivity index (χ3v) is 4.45. The topological polar surface area (TPSA) is 28.2 Å². The van der Waals surface area contributed by atoms with Crippen LogP contribution in [0.2, 0.25) is 0 Å². The Hall–Kier alpha value is -1.39. The van der Waals surface area contributed by atoms with Crippen LogP contribution < -0.4 is 10.2 Å². The fraction of sp³-hybridized carbons (Fsp3) is 0.400. The van der Waals surface area contributed by atoms with Gasteiger partial charge in [0.1, 0.15) is 0 Å². The minimum Gasteiger partial charge on any atom is -0.318 e. The van der Waals surface area contributed by atoms with Crippen molar-refractivity contribution in [2.24, 2.45) is 0 Å². The van der Waals surface area contributed by atoms with Gasteiger partial charge in [-0.2, -0.15) is 0 Å². The Kier molecular flexibility index (Phi) is 3.80. The number of hydrogen-bond donors (Lipinski definition) is 1. The van der Waals surface area contributed by atoms with E-state index in [9.17, 15) is 0 Å². The van der Waals surface area contributed by atoms with Crippen LogP contribution in [0.25, 0.3) is 0 Å². The van der Waals surface area contributed by atoms with Crippen molar-refractivity contribution in [1.82, 2.24) is 10.3 Å². The monoisotopic (exact) mass is 273 g/mol. The number of aromatic nitrogens is 1. The molecule has 4 heteroatoms. The molecule has 3 rings (SSSR count). The quantitative estimate of drug-likeness (QED) is 0.926. The normalized spacial score (nSPS) is 14.5. The SMILES string of the molecule is CCNCc1cnc(N2CCCc3ccccc32)s1. The zero-order valence-corrected chi connectivity index (χ0v) is 12.0. The highest BCUT2D eigenvalue weighted by Crippen LogP contribution is 2.35. The molecule has 19 heavy (non-hydrogen) atoms. The van der Waals surface area contributed by atoms with E-state index in [1.165, 1.54) is 29.0 Å². The summed E-state index contributed by atoms with van der Waals surface area (Å²) in [5, 5.41) is 4.48. The maximum Gasteiger partial charge on any atom is 0.190 e. The Morgan fingerprint density at radius 2 is 2.26 bits per heavy atom. The zero-order chi connectivity index (χ0) is 13.1. The lowest BCUT2D eigenvalue weighted by Gasteiger charge is -2.28. The van der Waals surface area contributed by atoms with Gasteiger partial charge >= 0.3 is 0 Å². The summed E-state index contributed by atoms with van der Waals surface area (Å²) in [5.74, 6) is 0. The van der Waals surface area contributed by atoms with Gasteiger partial charge in [0, 0.05) is 29.9 Å². The molecule has 1 aromatic heterocycles. The Labute approximate surface area is 118 Å². The molecule has 0 unspecified atom stereocenters. The summed E-state index contributed by atoms with van der Waals surface area (Å²) in [5.41, 5.74) is 2.77. The number of rotatable bonds is 4. The predicted molar refractivity (Wildman–Crippen MR) is 81.3 cm³/mol. The van der Waals surface area contributed by atoms with Crippen molar-refractivity contribution < 1.29 is 0 Å². The summed E-state index contributed by atoms with van der Waals surface area (Å²) < 4.78 is 0. The molecule has 0 amide bonds. The number of nitrogens with zero attached hydrogens (tertiary/aromatic N) is 2. The van der Waals surface area contributed by atoms with Crippen LogP contribution in [0.1, 0.15) is 23.8 Å². The molecule has 1 aromatic carbocycles. The smallest absolute Gasteiger partial charge is 0.190 e. The van der Waals surface area contributed by atoms with E-state index in [1.54, 1.807) is 11.3 Å². The van der Waals surface area contributed by atoms with Gasteiger partial charge in [-0.1, -0.05) is 25.1 Å². The third kappa shape index (κ3) is 2.65. The van der Waals surface area contributed by atoms with Gasteiger partial charge in [0.15, 0.2) is 5.13 Å². The van der Waals surface area contributed by atoms with E-state index in [-0.39, 0.29) is 0 Å². The van der Waals surface area contributed by atoms with Gasteiger partial charge < -0.3 is 10.2 Å². The average Bonchev–Trinajstić information content (AvgIpc) is 2.93. The van der Waals surface area contributed by atoms with E-state index in [0.29, 0.717) is 0 Å². The number of anilines is 2. The highest BCUT2D eigenvalue weighted by molar-refractivity contribution is 7.15. The molecular weight excluding hydrogens is 254 g/mol. The molecule has 2 aromatic rings. The van der Waals surface area contributed by atoms with Crippen LogP contribution in [-0.2, 0) is 13.0 Å². The predicted octanol–water partition coefficient (Wildman–Crippen LogP) is 3.34. The van der Waals surface area contributed by atoms with Gasteiger partial charge in [-0.15, -0.1) is 11.3 Å². The molecule has 0 aliphatic carbocycles. The van der Waals surface area contributed by atoms with E-state index in [2.05, 4.69) is 46.4 Å². The van der Waals surface area contributed by atoms with Crippen LogP contribution in [0.4, 0.5) is 10.8 Å². The first-order chi connectivity index (χ1) is 9.38. The second-order valence-corrected chi connectivity index (χ2v) is 5.87. The fourth-order valence-electron chi connectivity index (χ4n) is 2.48. The Bertz CT molecular complexity index is 550. The van der Waals surface area contributed by atoms with E-state index < -0.39 is 0 Å². The van der Waals surface area contributed by atoms with E-state index >= 15 is 0 Å². The van der Waals surface area contributed by atoms with Gasteiger partial charge in [0.05, 0.1) is 0 Å². The van der Waals surface area contributed by atoms with Crippen LogP contribution in [-0.4, -0.2) is 18.1 Å². The molecule has 1 aliphatic rings. The number of nitrogens with one attached hydrogen (secondary N) is 1. The average molecular weight is 273 g/mol. The molecule has 0 spiro atoms. The van der Waals surface area contributed by atoms with Crippen molar-refractivity contribution in [2.75, 3.05) is 18.0 Å². The first-order valence-electron chi connectivity index (χ1n) is 6.89. The number of hydrogen-bond acceptors (Lipinski definition) is 4. The van der Waals surface area contributed by atoms with Gasteiger partial charge in [-0.3, -0.25) is 0 Å². The van der Waals surface area contributed by atoms with Gasteiger partial charge in [0.25, 0.3) is 0 Å². The number of fused-ring (bicyclic) bond motifs is 1. The molecule has 0 saturated heterocycles. The molecule has 100 valence electrons. The summed E-state index contributed by atoms with van der Waals surface area (Å²) in [6.07, 6.45) is 4.39. The van der Waals surface area contributed by atoms with Crippen LogP contribution in [0.15, 0.2) is 30.5 Å². The minimum atomic E-state index is 0.920. The van der Waals surface area contributed by atoms with Gasteiger partial charge in [0.2, 0.25) is 0 Å². The number of para-hydroxylation sites is 1. The molecule has 0 bridgehead atoms. The molecule has 0 fully saturated rings. The first-order valence-corrected chi connectivity index (χ1v) is 7.71. The van der Waals surface area contributed by atoms with Crippen molar-refractivity contribution in [3.8, 4) is 0 Å². The van der Waals surface area contributed by atoms with E-state index in [4.69, 9.17) is 0 Å². The van der Waals surface area contributed by atoms with Gasteiger partial charge in [-0.05, 0) is 31.0 Å². The summed E-state index contributed by atoms with van der Waals surface area (Å²) >= 11 is 1.80. The third-order valence-electron chi connectivity index (χ3n) is 3.43. The first kappa shape index (κ1) is 12.6. The number of aryl methyl sites for hydroxylation is 1. The summed E-state index contributed by atoms with van der Waals surface area (Å²) in [6, 6.07) is 8.68. The van der Waals surface area contributed by atoms with Crippen LogP contribution >= 0.6 is 11.3 Å². The molecule has 1 N–H and O–H groups in total. The molecule has 0 radical (unpaired) electrons. The molecular formula is C15H19N3S. The van der Waals surface area contributed by atoms with Gasteiger partial charge in [-0.25, -0.2) is 4.98 Å². The summed E-state index contributed by atoms with van der Waals surface area (Å²) in [4.78, 5) is 8.26. The number of benzene rings is 1. The largest absolute Gasteiger partial charge is 0.318 e. The Morgan fingerprint density at radius 1 is 1.37 bits per heavy atom. The van der Waals surface area contributed by atoms with E-state index in [0.717, 1.165) is 24.8 Å². The standard InChI is InChI=1S/C15H19N3S/c1-2-16-10-13-11-17-15(19-13)18-9-5-7-12-6-3-4-8-14(12)18/h3-4,6,8,11,16H,2,5,7,9-10H2,1H3. The molecule has 0 atom stereocenters. The van der Waals surface area contributed by atoms with Crippen molar-refractivity contribution >= 4 is 22.2 Å². The second kappa shape index (κ2) is 5.72. The molecule has 2 heterocycles.